The number of anilines is 2. The van der Waals surface area contributed by atoms with Gasteiger partial charge in [-0.3, -0.25) is 9.59 Å². The minimum atomic E-state index is -0.0892. The van der Waals surface area contributed by atoms with Crippen LogP contribution in [-0.2, 0) is 4.79 Å². The minimum Gasteiger partial charge on any atom is -0.378 e. The third kappa shape index (κ3) is 4.23. The fourth-order valence-corrected chi connectivity index (χ4v) is 5.69. The van der Waals surface area contributed by atoms with E-state index in [0.717, 1.165) is 30.9 Å². The summed E-state index contributed by atoms with van der Waals surface area (Å²) in [6, 6.07) is 14.5. The second kappa shape index (κ2) is 9.26. The van der Waals surface area contributed by atoms with Crippen molar-refractivity contribution in [3.05, 3.63) is 65.2 Å². The number of hydrogen-bond acceptors (Lipinski definition) is 4. The van der Waals surface area contributed by atoms with Crippen molar-refractivity contribution in [2.75, 3.05) is 30.4 Å². The average molecular weight is 459 g/mol. The SMILES string of the molecule is CNC(=O)c1ccc(N[C@H]2c3cc(C4=CCNCC4)ccc3N(C(C)=O)C(C3CC3)[C@@H]2C)cc1. The molecule has 1 unspecified atom stereocenters. The molecule has 2 aromatic rings. The van der Waals surface area contributed by atoms with Crippen LogP contribution >= 0.6 is 0 Å². The second-order valence-electron chi connectivity index (χ2n) is 9.81. The van der Waals surface area contributed by atoms with Gasteiger partial charge >= 0.3 is 0 Å². The number of benzene rings is 2. The lowest BCUT2D eigenvalue weighted by atomic mass is 9.78. The molecule has 2 aromatic carbocycles. The maximum Gasteiger partial charge on any atom is 0.251 e. The van der Waals surface area contributed by atoms with Gasteiger partial charge < -0.3 is 20.9 Å². The Hall–Kier alpha value is -3.12. The van der Waals surface area contributed by atoms with Crippen molar-refractivity contribution in [2.24, 2.45) is 11.8 Å². The fourth-order valence-electron chi connectivity index (χ4n) is 5.69. The number of amides is 2. The Kier molecular flexibility index (Phi) is 6.17. The van der Waals surface area contributed by atoms with Gasteiger partial charge in [0, 0.05) is 49.4 Å². The number of rotatable bonds is 5. The quantitative estimate of drug-likeness (QED) is 0.623. The van der Waals surface area contributed by atoms with E-state index in [-0.39, 0.29) is 29.8 Å². The summed E-state index contributed by atoms with van der Waals surface area (Å²) in [4.78, 5) is 26.9. The third-order valence-electron chi connectivity index (χ3n) is 7.56. The maximum atomic E-state index is 12.9. The van der Waals surface area contributed by atoms with Crippen LogP contribution in [0.4, 0.5) is 11.4 Å². The Morgan fingerprint density at radius 3 is 2.47 bits per heavy atom. The van der Waals surface area contributed by atoms with E-state index in [2.05, 4.69) is 52.0 Å². The number of fused-ring (bicyclic) bond motifs is 1. The van der Waals surface area contributed by atoms with Gasteiger partial charge in [0.1, 0.15) is 0 Å². The Balaban J connectivity index is 1.55. The van der Waals surface area contributed by atoms with Gasteiger partial charge in [-0.05, 0) is 84.8 Å². The summed E-state index contributed by atoms with van der Waals surface area (Å²) in [6.45, 7) is 5.85. The highest BCUT2D eigenvalue weighted by atomic mass is 16.2. The van der Waals surface area contributed by atoms with Crippen molar-refractivity contribution in [3.63, 3.8) is 0 Å². The Morgan fingerprint density at radius 2 is 1.85 bits per heavy atom. The van der Waals surface area contributed by atoms with Crippen LogP contribution in [0, 0.1) is 11.8 Å². The number of hydrogen-bond donors (Lipinski definition) is 3. The number of carbonyl (C=O) groups is 2. The van der Waals surface area contributed by atoms with Crippen molar-refractivity contribution >= 4 is 28.8 Å². The molecule has 0 saturated heterocycles. The zero-order chi connectivity index (χ0) is 23.8. The van der Waals surface area contributed by atoms with Gasteiger partial charge in [0.05, 0.1) is 6.04 Å². The molecule has 2 heterocycles. The van der Waals surface area contributed by atoms with E-state index >= 15 is 0 Å². The molecule has 6 nitrogen and oxygen atoms in total. The first-order valence-corrected chi connectivity index (χ1v) is 12.4. The Morgan fingerprint density at radius 1 is 1.09 bits per heavy atom. The summed E-state index contributed by atoms with van der Waals surface area (Å²) < 4.78 is 0. The molecule has 3 N–H and O–H groups in total. The summed E-state index contributed by atoms with van der Waals surface area (Å²) >= 11 is 0. The molecule has 0 aromatic heterocycles. The molecule has 0 spiro atoms. The molecule has 6 heteroatoms. The highest BCUT2D eigenvalue weighted by Crippen LogP contribution is 2.50. The van der Waals surface area contributed by atoms with Gasteiger partial charge in [0.2, 0.25) is 5.91 Å². The molecule has 1 aliphatic carbocycles. The average Bonchev–Trinajstić information content (AvgIpc) is 3.70. The van der Waals surface area contributed by atoms with E-state index in [1.165, 1.54) is 29.5 Å². The van der Waals surface area contributed by atoms with Gasteiger partial charge in [0.25, 0.3) is 5.91 Å². The number of carbonyl (C=O) groups excluding carboxylic acids is 2. The topological polar surface area (TPSA) is 73.5 Å². The molecule has 5 rings (SSSR count). The predicted octanol–water partition coefficient (Wildman–Crippen LogP) is 4.36. The molecule has 0 bridgehead atoms. The molecule has 1 fully saturated rings. The monoisotopic (exact) mass is 458 g/mol. The first kappa shape index (κ1) is 22.7. The fraction of sp³-hybridized carbons (Fsp3) is 0.429. The smallest absolute Gasteiger partial charge is 0.251 e. The third-order valence-corrected chi connectivity index (χ3v) is 7.56. The zero-order valence-electron chi connectivity index (χ0n) is 20.2. The van der Waals surface area contributed by atoms with Crippen LogP contribution in [0.15, 0.2) is 48.5 Å². The summed E-state index contributed by atoms with van der Waals surface area (Å²) in [7, 11) is 1.64. The molecule has 2 aliphatic heterocycles. The van der Waals surface area contributed by atoms with Crippen molar-refractivity contribution < 1.29 is 9.59 Å². The van der Waals surface area contributed by atoms with Gasteiger partial charge in [0.15, 0.2) is 0 Å². The van der Waals surface area contributed by atoms with E-state index in [9.17, 15) is 9.59 Å². The normalized spacial score (nSPS) is 24.1. The second-order valence-corrected chi connectivity index (χ2v) is 9.81. The van der Waals surface area contributed by atoms with Crippen LogP contribution in [-0.4, -0.2) is 38.0 Å². The lowest BCUT2D eigenvalue weighted by Crippen LogP contribution is -2.51. The standard InChI is InChI=1S/C28H34N4O2/c1-17-26(31-23-9-6-21(7-10-23)28(34)29-3)24-16-22(19-12-14-30-15-13-19)8-11-25(24)32(18(2)33)27(17)20-4-5-20/h6-12,16-17,20,26-27,30-31H,4-5,13-15H2,1-3H3,(H,29,34)/t17-,26-,27?/m1/s1. The van der Waals surface area contributed by atoms with E-state index < -0.39 is 0 Å². The maximum absolute atomic E-state index is 12.9. The number of nitrogens with one attached hydrogen (secondary N) is 3. The van der Waals surface area contributed by atoms with E-state index in [4.69, 9.17) is 0 Å². The van der Waals surface area contributed by atoms with Crippen LogP contribution in [0.1, 0.15) is 60.6 Å². The molecule has 3 aliphatic rings. The van der Waals surface area contributed by atoms with Gasteiger partial charge in [-0.1, -0.05) is 19.1 Å². The molecule has 34 heavy (non-hydrogen) atoms. The van der Waals surface area contributed by atoms with E-state index in [1.807, 2.05) is 24.3 Å². The molecule has 0 radical (unpaired) electrons. The van der Waals surface area contributed by atoms with Gasteiger partial charge in [-0.2, -0.15) is 0 Å². The van der Waals surface area contributed by atoms with Crippen molar-refractivity contribution in [3.8, 4) is 0 Å². The number of nitrogens with zero attached hydrogens (tertiary/aromatic N) is 1. The van der Waals surface area contributed by atoms with E-state index in [1.54, 1.807) is 14.0 Å². The lowest BCUT2D eigenvalue weighted by molar-refractivity contribution is -0.117. The van der Waals surface area contributed by atoms with Gasteiger partial charge in [-0.25, -0.2) is 0 Å². The highest BCUT2D eigenvalue weighted by Gasteiger charge is 2.47. The van der Waals surface area contributed by atoms with Crippen LogP contribution in [0.25, 0.3) is 5.57 Å². The molecular formula is C28H34N4O2. The highest BCUT2D eigenvalue weighted by molar-refractivity contribution is 5.95. The summed E-state index contributed by atoms with van der Waals surface area (Å²) in [5, 5.41) is 9.83. The summed E-state index contributed by atoms with van der Waals surface area (Å²) in [5.74, 6) is 0.833. The van der Waals surface area contributed by atoms with Crippen LogP contribution in [0.2, 0.25) is 0 Å². The van der Waals surface area contributed by atoms with E-state index in [0.29, 0.717) is 11.5 Å². The van der Waals surface area contributed by atoms with Gasteiger partial charge in [-0.15, -0.1) is 0 Å². The summed E-state index contributed by atoms with van der Waals surface area (Å²) in [5.41, 5.74) is 6.42. The minimum absolute atomic E-state index is 0.0734. The zero-order valence-corrected chi connectivity index (χ0v) is 20.2. The Labute approximate surface area is 201 Å². The van der Waals surface area contributed by atoms with Crippen LogP contribution in [0.3, 0.4) is 0 Å². The molecule has 3 atom stereocenters. The first-order valence-electron chi connectivity index (χ1n) is 12.4. The molecule has 178 valence electrons. The lowest BCUT2D eigenvalue weighted by Gasteiger charge is -2.46. The predicted molar refractivity (Wildman–Crippen MR) is 137 cm³/mol. The van der Waals surface area contributed by atoms with Crippen molar-refractivity contribution in [1.82, 2.24) is 10.6 Å². The molecule has 1 saturated carbocycles. The first-order chi connectivity index (χ1) is 16.5. The van der Waals surface area contributed by atoms with Crippen molar-refractivity contribution in [2.45, 2.75) is 45.2 Å². The summed E-state index contributed by atoms with van der Waals surface area (Å²) in [6.07, 6.45) is 5.64. The Bertz CT molecular complexity index is 1120. The van der Waals surface area contributed by atoms with Crippen LogP contribution < -0.4 is 20.9 Å². The molecular weight excluding hydrogens is 424 g/mol. The van der Waals surface area contributed by atoms with Crippen LogP contribution in [0.5, 0.6) is 0 Å². The largest absolute Gasteiger partial charge is 0.378 e. The van der Waals surface area contributed by atoms with Crippen molar-refractivity contribution in [1.29, 1.82) is 0 Å². The molecule has 2 amide bonds.